The first-order valence-electron chi connectivity index (χ1n) is 5.29. The molecule has 2 unspecified atom stereocenters. The number of carbonyl (C=O) groups is 1. The second-order valence-electron chi connectivity index (χ2n) is 4.44. The van der Waals surface area contributed by atoms with Crippen molar-refractivity contribution in [2.75, 3.05) is 0 Å². The first kappa shape index (κ1) is 10.5. The van der Waals surface area contributed by atoms with Crippen molar-refractivity contribution in [2.45, 2.75) is 46.5 Å². The first-order chi connectivity index (χ1) is 6.09. The zero-order valence-electron chi connectivity index (χ0n) is 8.97. The van der Waals surface area contributed by atoms with Crippen molar-refractivity contribution in [1.82, 2.24) is 0 Å². The molecule has 0 aliphatic heterocycles. The van der Waals surface area contributed by atoms with E-state index in [2.05, 4.69) is 13.0 Å². The van der Waals surface area contributed by atoms with Gasteiger partial charge in [-0.15, -0.1) is 0 Å². The quantitative estimate of drug-likeness (QED) is 0.596. The van der Waals surface area contributed by atoms with Gasteiger partial charge in [-0.2, -0.15) is 0 Å². The van der Waals surface area contributed by atoms with Crippen LogP contribution < -0.4 is 0 Å². The molecule has 0 saturated heterocycles. The van der Waals surface area contributed by atoms with Crippen LogP contribution in [0.25, 0.3) is 0 Å². The molecule has 1 aliphatic rings. The van der Waals surface area contributed by atoms with E-state index < -0.39 is 0 Å². The number of rotatable bonds is 2. The van der Waals surface area contributed by atoms with Gasteiger partial charge in [0.2, 0.25) is 0 Å². The highest BCUT2D eigenvalue weighted by atomic mass is 16.1. The van der Waals surface area contributed by atoms with E-state index in [0.717, 1.165) is 11.5 Å². The lowest BCUT2D eigenvalue weighted by molar-refractivity contribution is -0.113. The van der Waals surface area contributed by atoms with E-state index in [9.17, 15) is 4.79 Å². The normalized spacial score (nSPS) is 30.2. The molecule has 74 valence electrons. The highest BCUT2D eigenvalue weighted by molar-refractivity contribution is 5.92. The number of hydrogen-bond acceptors (Lipinski definition) is 1. The lowest BCUT2D eigenvalue weighted by Crippen LogP contribution is -2.12. The van der Waals surface area contributed by atoms with Gasteiger partial charge < -0.3 is 0 Å². The van der Waals surface area contributed by atoms with Gasteiger partial charge in [0.05, 0.1) is 0 Å². The number of allylic oxidation sites excluding steroid dienone is 2. The zero-order valence-corrected chi connectivity index (χ0v) is 8.97. The molecule has 1 fully saturated rings. The number of ketones is 1. The summed E-state index contributed by atoms with van der Waals surface area (Å²) in [5.74, 6) is 1.72. The summed E-state index contributed by atoms with van der Waals surface area (Å²) in [7, 11) is 0. The van der Waals surface area contributed by atoms with Crippen molar-refractivity contribution in [1.29, 1.82) is 0 Å². The summed E-state index contributed by atoms with van der Waals surface area (Å²) in [6.45, 7) is 5.89. The van der Waals surface area contributed by atoms with E-state index in [1.165, 1.54) is 25.7 Å². The molecule has 1 aliphatic carbocycles. The molecular formula is C12H20O. The minimum Gasteiger partial charge on any atom is -0.295 e. The topological polar surface area (TPSA) is 17.1 Å². The van der Waals surface area contributed by atoms with Crippen molar-refractivity contribution < 1.29 is 4.79 Å². The Morgan fingerprint density at radius 2 is 2.00 bits per heavy atom. The van der Waals surface area contributed by atoms with Gasteiger partial charge in [-0.3, -0.25) is 4.79 Å². The van der Waals surface area contributed by atoms with Crippen LogP contribution in [0.2, 0.25) is 0 Å². The summed E-state index contributed by atoms with van der Waals surface area (Å²) in [4.78, 5) is 11.0. The number of hydrogen-bond donors (Lipinski definition) is 0. The molecule has 1 saturated carbocycles. The molecule has 1 rings (SSSR count). The molecule has 0 aromatic rings. The van der Waals surface area contributed by atoms with Gasteiger partial charge in [-0.25, -0.2) is 0 Å². The van der Waals surface area contributed by atoms with Crippen LogP contribution in [0.3, 0.4) is 0 Å². The maximum atomic E-state index is 11.0. The predicted octanol–water partition coefficient (Wildman–Crippen LogP) is 3.35. The van der Waals surface area contributed by atoms with Crippen LogP contribution >= 0.6 is 0 Å². The molecule has 0 aromatic carbocycles. The average molecular weight is 180 g/mol. The Morgan fingerprint density at radius 3 is 2.54 bits per heavy atom. The minimum absolute atomic E-state index is 0.221. The molecule has 2 atom stereocenters. The van der Waals surface area contributed by atoms with E-state index in [-0.39, 0.29) is 5.78 Å². The van der Waals surface area contributed by atoms with Gasteiger partial charge in [0, 0.05) is 0 Å². The molecule has 0 radical (unpaired) electrons. The van der Waals surface area contributed by atoms with E-state index >= 15 is 0 Å². The molecule has 0 N–H and O–H groups in total. The SMILES string of the molecule is CC(=O)/C(C)=C\C1CCCC(C)C1. The summed E-state index contributed by atoms with van der Waals surface area (Å²) in [6, 6.07) is 0. The molecule has 0 aromatic heterocycles. The molecule has 0 bridgehead atoms. The molecule has 1 nitrogen and oxygen atoms in total. The number of Topliss-reactive ketones (excluding diaryl/α,β-unsaturated/α-hetero) is 1. The third-order valence-corrected chi connectivity index (χ3v) is 3.02. The molecule has 0 heterocycles. The number of carbonyl (C=O) groups excluding carboxylic acids is 1. The van der Waals surface area contributed by atoms with Gasteiger partial charge in [0.15, 0.2) is 5.78 Å². The summed E-state index contributed by atoms with van der Waals surface area (Å²) in [6.07, 6.45) is 7.41. The van der Waals surface area contributed by atoms with E-state index in [0.29, 0.717) is 5.92 Å². The average Bonchev–Trinajstić information content (AvgIpc) is 2.04. The fourth-order valence-electron chi connectivity index (χ4n) is 2.10. The maximum absolute atomic E-state index is 11.0. The Hall–Kier alpha value is -0.590. The molecule has 1 heteroatoms. The largest absolute Gasteiger partial charge is 0.295 e. The smallest absolute Gasteiger partial charge is 0.155 e. The minimum atomic E-state index is 0.221. The fraction of sp³-hybridized carbons (Fsp3) is 0.750. The predicted molar refractivity (Wildman–Crippen MR) is 55.6 cm³/mol. The molecule has 0 spiro atoms. The zero-order chi connectivity index (χ0) is 9.84. The van der Waals surface area contributed by atoms with Gasteiger partial charge >= 0.3 is 0 Å². The molecule has 0 amide bonds. The van der Waals surface area contributed by atoms with Gasteiger partial charge in [0.1, 0.15) is 0 Å². The highest BCUT2D eigenvalue weighted by Crippen LogP contribution is 2.30. The van der Waals surface area contributed by atoms with Gasteiger partial charge in [-0.1, -0.05) is 25.8 Å². The Balaban J connectivity index is 2.52. The van der Waals surface area contributed by atoms with Gasteiger partial charge in [0.25, 0.3) is 0 Å². The summed E-state index contributed by atoms with van der Waals surface area (Å²) in [5, 5.41) is 0. The third kappa shape index (κ3) is 3.33. The third-order valence-electron chi connectivity index (χ3n) is 3.02. The highest BCUT2D eigenvalue weighted by Gasteiger charge is 2.17. The fourth-order valence-corrected chi connectivity index (χ4v) is 2.10. The van der Waals surface area contributed by atoms with Crippen LogP contribution in [0.15, 0.2) is 11.6 Å². The van der Waals surface area contributed by atoms with E-state index in [4.69, 9.17) is 0 Å². The summed E-state index contributed by atoms with van der Waals surface area (Å²) < 4.78 is 0. The van der Waals surface area contributed by atoms with Crippen molar-refractivity contribution in [3.05, 3.63) is 11.6 Å². The monoisotopic (exact) mass is 180 g/mol. The van der Waals surface area contributed by atoms with Crippen molar-refractivity contribution in [3.8, 4) is 0 Å². The Kier molecular flexibility index (Phi) is 3.71. The van der Waals surface area contributed by atoms with Crippen LogP contribution in [0.1, 0.15) is 46.5 Å². The summed E-state index contributed by atoms with van der Waals surface area (Å²) in [5.41, 5.74) is 0.944. The van der Waals surface area contributed by atoms with Gasteiger partial charge in [-0.05, 0) is 44.1 Å². The van der Waals surface area contributed by atoms with Crippen molar-refractivity contribution in [3.63, 3.8) is 0 Å². The van der Waals surface area contributed by atoms with Crippen LogP contribution in [-0.2, 0) is 4.79 Å². The van der Waals surface area contributed by atoms with Crippen LogP contribution in [0.5, 0.6) is 0 Å². The van der Waals surface area contributed by atoms with E-state index in [1.807, 2.05) is 6.92 Å². The summed E-state index contributed by atoms with van der Waals surface area (Å²) >= 11 is 0. The molecular weight excluding hydrogens is 160 g/mol. The first-order valence-corrected chi connectivity index (χ1v) is 5.29. The van der Waals surface area contributed by atoms with Crippen molar-refractivity contribution in [2.24, 2.45) is 11.8 Å². The lowest BCUT2D eigenvalue weighted by atomic mass is 9.81. The van der Waals surface area contributed by atoms with Crippen molar-refractivity contribution >= 4 is 5.78 Å². The Bertz CT molecular complexity index is 215. The molecule has 13 heavy (non-hydrogen) atoms. The van der Waals surface area contributed by atoms with Crippen LogP contribution in [-0.4, -0.2) is 5.78 Å². The Labute approximate surface area is 81.2 Å². The second kappa shape index (κ2) is 4.59. The standard InChI is InChI=1S/C12H20O/c1-9-5-4-6-12(7-9)8-10(2)11(3)13/h8-9,12H,4-7H2,1-3H3/b10-8-. The second-order valence-corrected chi connectivity index (χ2v) is 4.44. The van der Waals surface area contributed by atoms with Crippen LogP contribution in [0, 0.1) is 11.8 Å². The van der Waals surface area contributed by atoms with E-state index in [1.54, 1.807) is 6.92 Å². The van der Waals surface area contributed by atoms with Crippen LogP contribution in [0.4, 0.5) is 0 Å². The Morgan fingerprint density at radius 1 is 1.31 bits per heavy atom. The lowest BCUT2D eigenvalue weighted by Gasteiger charge is -2.24. The maximum Gasteiger partial charge on any atom is 0.155 e.